The van der Waals surface area contributed by atoms with Crippen molar-refractivity contribution in [3.05, 3.63) is 35.8 Å². The van der Waals surface area contributed by atoms with Crippen LogP contribution in [0.2, 0.25) is 0 Å². The molecule has 2 amide bonds. The molecule has 2 N–H and O–H groups in total. The van der Waals surface area contributed by atoms with E-state index >= 15 is 0 Å². The van der Waals surface area contributed by atoms with Crippen LogP contribution in [0.4, 0.5) is 9.18 Å². The first kappa shape index (κ1) is 15.8. The third kappa shape index (κ3) is 3.82. The molecule has 124 valence electrons. The number of likely N-dealkylation sites (tertiary alicyclic amines) is 1. The van der Waals surface area contributed by atoms with Gasteiger partial charge in [-0.1, -0.05) is 0 Å². The summed E-state index contributed by atoms with van der Waals surface area (Å²) in [4.78, 5) is 14.4. The lowest BCUT2D eigenvalue weighted by atomic mass is 10.1. The first-order chi connectivity index (χ1) is 11.0. The van der Waals surface area contributed by atoms with Crippen molar-refractivity contribution < 1.29 is 13.6 Å². The van der Waals surface area contributed by atoms with Crippen molar-refractivity contribution in [1.29, 1.82) is 0 Å². The number of hydrogen-bond donors (Lipinski definition) is 2. The van der Waals surface area contributed by atoms with Crippen LogP contribution in [0, 0.1) is 5.82 Å². The number of piperidine rings is 1. The highest BCUT2D eigenvalue weighted by atomic mass is 19.1. The van der Waals surface area contributed by atoms with Crippen LogP contribution in [-0.4, -0.2) is 37.1 Å². The van der Waals surface area contributed by atoms with Crippen LogP contribution in [0.25, 0.3) is 11.0 Å². The Morgan fingerprint density at radius 2 is 2.09 bits per heavy atom. The van der Waals surface area contributed by atoms with Gasteiger partial charge in [-0.25, -0.2) is 9.18 Å². The lowest BCUT2D eigenvalue weighted by molar-refractivity contribution is 0.211. The van der Waals surface area contributed by atoms with Gasteiger partial charge in [0.05, 0.1) is 6.04 Å². The number of carbonyl (C=O) groups excluding carboxylic acids is 1. The fourth-order valence-corrected chi connectivity index (χ4v) is 2.90. The van der Waals surface area contributed by atoms with Gasteiger partial charge in [0, 0.05) is 11.4 Å². The molecule has 0 radical (unpaired) electrons. The van der Waals surface area contributed by atoms with Gasteiger partial charge in [-0.3, -0.25) is 0 Å². The van der Waals surface area contributed by atoms with Crippen LogP contribution >= 0.6 is 0 Å². The van der Waals surface area contributed by atoms with E-state index in [9.17, 15) is 9.18 Å². The van der Waals surface area contributed by atoms with Gasteiger partial charge in [0.2, 0.25) is 0 Å². The van der Waals surface area contributed by atoms with E-state index < -0.39 is 0 Å². The number of fused-ring (bicyclic) bond motifs is 1. The molecule has 6 heteroatoms. The summed E-state index contributed by atoms with van der Waals surface area (Å²) in [6, 6.07) is 5.88. The molecule has 1 saturated heterocycles. The van der Waals surface area contributed by atoms with Crippen molar-refractivity contribution in [2.75, 3.05) is 20.1 Å². The number of rotatable bonds is 3. The van der Waals surface area contributed by atoms with E-state index in [1.54, 1.807) is 12.1 Å². The average Bonchev–Trinajstić information content (AvgIpc) is 2.92. The van der Waals surface area contributed by atoms with Gasteiger partial charge in [-0.05, 0) is 64.2 Å². The minimum absolute atomic E-state index is 0.196. The molecule has 1 aromatic carbocycles. The summed E-state index contributed by atoms with van der Waals surface area (Å²) in [5.41, 5.74) is 0.616. The molecule has 1 aliphatic rings. The zero-order valence-corrected chi connectivity index (χ0v) is 13.4. The second-order valence-corrected chi connectivity index (χ2v) is 6.25. The Morgan fingerprint density at radius 1 is 1.35 bits per heavy atom. The molecule has 0 spiro atoms. The number of furan rings is 1. The van der Waals surface area contributed by atoms with Crippen molar-refractivity contribution in [1.82, 2.24) is 15.5 Å². The molecule has 0 bridgehead atoms. The molecule has 1 fully saturated rings. The van der Waals surface area contributed by atoms with Gasteiger partial charge in [-0.2, -0.15) is 0 Å². The number of nitrogens with one attached hydrogen (secondary N) is 2. The van der Waals surface area contributed by atoms with E-state index in [0.29, 0.717) is 16.7 Å². The minimum atomic E-state index is -0.300. The molecule has 1 aromatic heterocycles. The van der Waals surface area contributed by atoms with E-state index in [4.69, 9.17) is 4.42 Å². The van der Waals surface area contributed by atoms with Crippen molar-refractivity contribution in [2.45, 2.75) is 31.8 Å². The first-order valence-corrected chi connectivity index (χ1v) is 7.96. The number of benzene rings is 1. The van der Waals surface area contributed by atoms with Crippen molar-refractivity contribution in [3.8, 4) is 0 Å². The van der Waals surface area contributed by atoms with Gasteiger partial charge in [0.25, 0.3) is 0 Å². The molecule has 1 aliphatic heterocycles. The summed E-state index contributed by atoms with van der Waals surface area (Å²) in [7, 11) is 2.09. The Balaban J connectivity index is 1.58. The second-order valence-electron chi connectivity index (χ2n) is 6.25. The summed E-state index contributed by atoms with van der Waals surface area (Å²) < 4.78 is 18.9. The van der Waals surface area contributed by atoms with E-state index in [1.807, 2.05) is 6.92 Å². The highest BCUT2D eigenvalue weighted by Gasteiger charge is 2.20. The summed E-state index contributed by atoms with van der Waals surface area (Å²) >= 11 is 0. The van der Waals surface area contributed by atoms with E-state index in [2.05, 4.69) is 22.6 Å². The van der Waals surface area contributed by atoms with Crippen molar-refractivity contribution >= 4 is 17.0 Å². The van der Waals surface area contributed by atoms with Gasteiger partial charge in [0.15, 0.2) is 0 Å². The second kappa shape index (κ2) is 6.58. The van der Waals surface area contributed by atoms with E-state index in [-0.39, 0.29) is 23.9 Å². The normalized spacial score (nSPS) is 18.0. The van der Waals surface area contributed by atoms with Gasteiger partial charge in [0.1, 0.15) is 17.2 Å². The van der Waals surface area contributed by atoms with Crippen molar-refractivity contribution in [2.24, 2.45) is 0 Å². The molecule has 5 nitrogen and oxygen atoms in total. The Hall–Kier alpha value is -2.08. The van der Waals surface area contributed by atoms with Crippen LogP contribution in [0.1, 0.15) is 31.6 Å². The number of halogens is 1. The van der Waals surface area contributed by atoms with E-state index in [1.165, 1.54) is 12.1 Å². The fraction of sp³-hybridized carbons (Fsp3) is 0.471. The molecule has 0 unspecified atom stereocenters. The Kier molecular flexibility index (Phi) is 4.52. The highest BCUT2D eigenvalue weighted by Crippen LogP contribution is 2.24. The maximum atomic E-state index is 13.2. The molecule has 23 heavy (non-hydrogen) atoms. The minimum Gasteiger partial charge on any atom is -0.459 e. The van der Waals surface area contributed by atoms with Crippen molar-refractivity contribution in [3.63, 3.8) is 0 Å². The van der Waals surface area contributed by atoms with Gasteiger partial charge < -0.3 is 20.0 Å². The predicted molar refractivity (Wildman–Crippen MR) is 86.8 cm³/mol. The van der Waals surface area contributed by atoms with Crippen LogP contribution in [0.15, 0.2) is 28.7 Å². The SMILES string of the molecule is C[C@H](NC(=O)NC1CCN(C)CC1)c1cc2cc(F)ccc2o1. The molecule has 3 rings (SSSR count). The molecular weight excluding hydrogens is 297 g/mol. The third-order valence-electron chi connectivity index (χ3n) is 4.33. The zero-order chi connectivity index (χ0) is 16.4. The summed E-state index contributed by atoms with van der Waals surface area (Å²) in [5, 5.41) is 6.58. The van der Waals surface area contributed by atoms with E-state index in [0.717, 1.165) is 25.9 Å². The number of nitrogens with zero attached hydrogens (tertiary/aromatic N) is 1. The van der Waals surface area contributed by atoms with Crippen LogP contribution < -0.4 is 10.6 Å². The Bertz CT molecular complexity index is 692. The Morgan fingerprint density at radius 3 is 2.83 bits per heavy atom. The van der Waals surface area contributed by atoms with Gasteiger partial charge in [-0.15, -0.1) is 0 Å². The summed E-state index contributed by atoms with van der Waals surface area (Å²) in [6.45, 7) is 3.84. The standard InChI is InChI=1S/C17H22FN3O2/c1-11(16-10-12-9-13(18)3-4-15(12)23-16)19-17(22)20-14-5-7-21(2)8-6-14/h3-4,9-11,14H,5-8H2,1-2H3,(H2,19,20,22)/t11-/m0/s1. The largest absolute Gasteiger partial charge is 0.459 e. The number of urea groups is 1. The number of carbonyl (C=O) groups is 1. The maximum Gasteiger partial charge on any atom is 0.315 e. The van der Waals surface area contributed by atoms with Crippen LogP contribution in [0.3, 0.4) is 0 Å². The zero-order valence-electron chi connectivity index (χ0n) is 13.4. The fourth-order valence-electron chi connectivity index (χ4n) is 2.90. The average molecular weight is 319 g/mol. The van der Waals surface area contributed by atoms with Gasteiger partial charge >= 0.3 is 6.03 Å². The molecule has 0 aliphatic carbocycles. The smallest absolute Gasteiger partial charge is 0.315 e. The molecule has 1 atom stereocenters. The van der Waals surface area contributed by atoms with Crippen LogP contribution in [-0.2, 0) is 0 Å². The molecule has 2 heterocycles. The molecule has 0 saturated carbocycles. The quantitative estimate of drug-likeness (QED) is 0.914. The lowest BCUT2D eigenvalue weighted by Crippen LogP contribution is -2.47. The van der Waals surface area contributed by atoms with Crippen LogP contribution in [0.5, 0.6) is 0 Å². The third-order valence-corrected chi connectivity index (χ3v) is 4.33. The first-order valence-electron chi connectivity index (χ1n) is 7.96. The maximum absolute atomic E-state index is 13.2. The summed E-state index contributed by atoms with van der Waals surface area (Å²) in [6.07, 6.45) is 1.92. The Labute approximate surface area is 134 Å². The lowest BCUT2D eigenvalue weighted by Gasteiger charge is -2.29. The molecular formula is C17H22FN3O2. The monoisotopic (exact) mass is 319 g/mol. The number of amides is 2. The summed E-state index contributed by atoms with van der Waals surface area (Å²) in [5.74, 6) is 0.314. The predicted octanol–water partition coefficient (Wildman–Crippen LogP) is 3.03. The highest BCUT2D eigenvalue weighted by molar-refractivity contribution is 5.79. The topological polar surface area (TPSA) is 57.5 Å². The number of hydrogen-bond acceptors (Lipinski definition) is 3. The molecule has 2 aromatic rings.